The number of benzene rings is 2. The molecule has 0 spiro atoms. The van der Waals surface area contributed by atoms with Crippen molar-refractivity contribution in [2.24, 2.45) is 0 Å². The Bertz CT molecular complexity index is 863. The van der Waals surface area contributed by atoms with Gasteiger partial charge >= 0.3 is 5.97 Å². The van der Waals surface area contributed by atoms with Crippen molar-refractivity contribution >= 4 is 34.0 Å². The first-order valence-electron chi connectivity index (χ1n) is 7.95. The standard InChI is InChI=1S/C19H17ClN2O3S/c20-15-5-1-14(2-6-15)11-25-17-7-3-13(4-8-17)10-21-19-22-16(12-26-19)9-18(23)24/h1-8,12H,9-11H2,(H,21,22)(H,23,24). The van der Waals surface area contributed by atoms with Gasteiger partial charge in [0.05, 0.1) is 12.1 Å². The largest absolute Gasteiger partial charge is 0.489 e. The van der Waals surface area contributed by atoms with Gasteiger partial charge in [0.1, 0.15) is 12.4 Å². The summed E-state index contributed by atoms with van der Waals surface area (Å²) in [6, 6.07) is 15.4. The summed E-state index contributed by atoms with van der Waals surface area (Å²) in [7, 11) is 0. The SMILES string of the molecule is O=C(O)Cc1csc(NCc2ccc(OCc3ccc(Cl)cc3)cc2)n1. The summed E-state index contributed by atoms with van der Waals surface area (Å²) in [6.45, 7) is 1.09. The molecule has 0 bridgehead atoms. The maximum Gasteiger partial charge on any atom is 0.309 e. The quantitative estimate of drug-likeness (QED) is 0.589. The molecule has 3 aromatic rings. The number of aliphatic carboxylic acids is 1. The van der Waals surface area contributed by atoms with Gasteiger partial charge in [0.2, 0.25) is 0 Å². The molecule has 7 heteroatoms. The number of hydrogen-bond donors (Lipinski definition) is 2. The van der Waals surface area contributed by atoms with Crippen molar-refractivity contribution in [2.45, 2.75) is 19.6 Å². The van der Waals surface area contributed by atoms with Gasteiger partial charge in [-0.15, -0.1) is 11.3 Å². The Morgan fingerprint density at radius 3 is 2.50 bits per heavy atom. The lowest BCUT2D eigenvalue weighted by atomic mass is 10.2. The topological polar surface area (TPSA) is 71.5 Å². The number of carboxylic acid groups (broad SMARTS) is 1. The molecule has 0 fully saturated rings. The Morgan fingerprint density at radius 1 is 1.12 bits per heavy atom. The Hall–Kier alpha value is -2.57. The van der Waals surface area contributed by atoms with E-state index in [-0.39, 0.29) is 6.42 Å². The molecule has 0 aliphatic rings. The van der Waals surface area contributed by atoms with Gasteiger partial charge in [-0.25, -0.2) is 4.98 Å². The summed E-state index contributed by atoms with van der Waals surface area (Å²) in [4.78, 5) is 14.9. The number of carboxylic acids is 1. The lowest BCUT2D eigenvalue weighted by Gasteiger charge is -2.08. The molecule has 26 heavy (non-hydrogen) atoms. The highest BCUT2D eigenvalue weighted by Crippen LogP contribution is 2.19. The number of aromatic nitrogens is 1. The van der Waals surface area contributed by atoms with Crippen molar-refractivity contribution in [3.05, 3.63) is 75.8 Å². The van der Waals surface area contributed by atoms with E-state index in [0.29, 0.717) is 29.0 Å². The van der Waals surface area contributed by atoms with Crippen molar-refractivity contribution in [2.75, 3.05) is 5.32 Å². The van der Waals surface area contributed by atoms with Crippen LogP contribution in [0.4, 0.5) is 5.13 Å². The molecule has 134 valence electrons. The highest BCUT2D eigenvalue weighted by Gasteiger charge is 2.06. The molecule has 0 atom stereocenters. The minimum absolute atomic E-state index is 0.0577. The summed E-state index contributed by atoms with van der Waals surface area (Å²) in [5.41, 5.74) is 2.70. The van der Waals surface area contributed by atoms with Gasteiger partial charge in [-0.05, 0) is 35.4 Å². The first kappa shape index (κ1) is 18.2. The normalized spacial score (nSPS) is 10.5. The number of carbonyl (C=O) groups is 1. The monoisotopic (exact) mass is 388 g/mol. The van der Waals surface area contributed by atoms with Crippen molar-refractivity contribution in [3.8, 4) is 5.75 Å². The molecular weight excluding hydrogens is 372 g/mol. The van der Waals surface area contributed by atoms with E-state index < -0.39 is 5.97 Å². The van der Waals surface area contributed by atoms with E-state index in [4.69, 9.17) is 21.4 Å². The smallest absolute Gasteiger partial charge is 0.309 e. The average Bonchev–Trinajstić information content (AvgIpc) is 3.07. The number of nitrogens with zero attached hydrogens (tertiary/aromatic N) is 1. The molecule has 3 rings (SSSR count). The summed E-state index contributed by atoms with van der Waals surface area (Å²) in [6.07, 6.45) is -0.0577. The number of anilines is 1. The molecule has 0 aliphatic carbocycles. The molecule has 1 aromatic heterocycles. The third-order valence-electron chi connectivity index (χ3n) is 3.57. The van der Waals surface area contributed by atoms with E-state index in [2.05, 4.69) is 10.3 Å². The molecule has 0 amide bonds. The second-order valence-electron chi connectivity index (χ2n) is 5.63. The average molecular weight is 389 g/mol. The lowest BCUT2D eigenvalue weighted by molar-refractivity contribution is -0.136. The fourth-order valence-corrected chi connectivity index (χ4v) is 3.09. The van der Waals surface area contributed by atoms with Crippen LogP contribution in [0.15, 0.2) is 53.9 Å². The second kappa shape index (κ2) is 8.69. The van der Waals surface area contributed by atoms with E-state index >= 15 is 0 Å². The second-order valence-corrected chi connectivity index (χ2v) is 6.92. The van der Waals surface area contributed by atoms with Gasteiger partial charge < -0.3 is 15.2 Å². The van der Waals surface area contributed by atoms with Gasteiger partial charge in [-0.1, -0.05) is 35.9 Å². The lowest BCUT2D eigenvalue weighted by Crippen LogP contribution is -2.02. The highest BCUT2D eigenvalue weighted by molar-refractivity contribution is 7.13. The summed E-state index contributed by atoms with van der Waals surface area (Å²) in [5, 5.41) is 15.1. The zero-order valence-electron chi connectivity index (χ0n) is 13.8. The van der Waals surface area contributed by atoms with Gasteiger partial charge in [0, 0.05) is 16.9 Å². The summed E-state index contributed by atoms with van der Waals surface area (Å²) in [5.74, 6) is -0.0854. The van der Waals surface area contributed by atoms with Crippen molar-refractivity contribution in [1.29, 1.82) is 0 Å². The van der Waals surface area contributed by atoms with Gasteiger partial charge in [0.15, 0.2) is 5.13 Å². The van der Waals surface area contributed by atoms with Crippen LogP contribution in [0.3, 0.4) is 0 Å². The predicted molar refractivity (Wildman–Crippen MR) is 103 cm³/mol. The number of ether oxygens (including phenoxy) is 1. The first-order valence-corrected chi connectivity index (χ1v) is 9.20. The summed E-state index contributed by atoms with van der Waals surface area (Å²) >= 11 is 7.27. The predicted octanol–water partition coefficient (Wildman–Crippen LogP) is 4.61. The van der Waals surface area contributed by atoms with Crippen molar-refractivity contribution < 1.29 is 14.6 Å². The number of nitrogens with one attached hydrogen (secondary N) is 1. The molecule has 0 radical (unpaired) electrons. The van der Waals surface area contributed by atoms with Gasteiger partial charge in [-0.3, -0.25) is 4.79 Å². The third kappa shape index (κ3) is 5.47. The zero-order valence-corrected chi connectivity index (χ0v) is 15.4. The minimum atomic E-state index is -0.879. The zero-order chi connectivity index (χ0) is 18.4. The van der Waals surface area contributed by atoms with Gasteiger partial charge in [0.25, 0.3) is 0 Å². The Morgan fingerprint density at radius 2 is 1.81 bits per heavy atom. The number of halogens is 1. The Labute approximate surface area is 160 Å². The molecule has 0 saturated heterocycles. The minimum Gasteiger partial charge on any atom is -0.489 e. The molecule has 0 saturated carbocycles. The van der Waals surface area contributed by atoms with E-state index in [1.807, 2.05) is 48.5 Å². The first-order chi connectivity index (χ1) is 12.6. The van der Waals surface area contributed by atoms with Crippen LogP contribution in [-0.2, 0) is 24.4 Å². The van der Waals surface area contributed by atoms with Crippen LogP contribution in [0.5, 0.6) is 5.75 Å². The molecule has 1 heterocycles. The Kier molecular flexibility index (Phi) is 6.09. The van der Waals surface area contributed by atoms with Crippen LogP contribution >= 0.6 is 22.9 Å². The molecule has 2 N–H and O–H groups in total. The number of hydrogen-bond acceptors (Lipinski definition) is 5. The molecule has 0 aliphatic heterocycles. The van der Waals surface area contributed by atoms with Crippen LogP contribution in [-0.4, -0.2) is 16.1 Å². The van der Waals surface area contributed by atoms with Gasteiger partial charge in [-0.2, -0.15) is 0 Å². The highest BCUT2D eigenvalue weighted by atomic mass is 35.5. The van der Waals surface area contributed by atoms with Crippen LogP contribution in [0.2, 0.25) is 5.02 Å². The van der Waals surface area contributed by atoms with Crippen molar-refractivity contribution in [3.63, 3.8) is 0 Å². The molecule has 5 nitrogen and oxygen atoms in total. The number of rotatable bonds is 8. The molecule has 0 unspecified atom stereocenters. The van der Waals surface area contributed by atoms with E-state index in [0.717, 1.165) is 16.9 Å². The third-order valence-corrected chi connectivity index (χ3v) is 4.67. The van der Waals surface area contributed by atoms with E-state index in [1.165, 1.54) is 11.3 Å². The maximum atomic E-state index is 10.7. The fourth-order valence-electron chi connectivity index (χ4n) is 2.25. The number of thiazole rings is 1. The fraction of sp³-hybridized carbons (Fsp3) is 0.158. The Balaban J connectivity index is 1.48. The molecule has 2 aromatic carbocycles. The van der Waals surface area contributed by atoms with Crippen LogP contribution in [0.1, 0.15) is 16.8 Å². The maximum absolute atomic E-state index is 10.7. The van der Waals surface area contributed by atoms with Crippen LogP contribution in [0, 0.1) is 0 Å². The molecular formula is C19H17ClN2O3S. The van der Waals surface area contributed by atoms with E-state index in [1.54, 1.807) is 5.38 Å². The van der Waals surface area contributed by atoms with Crippen LogP contribution < -0.4 is 10.1 Å². The van der Waals surface area contributed by atoms with E-state index in [9.17, 15) is 4.79 Å². The summed E-state index contributed by atoms with van der Waals surface area (Å²) < 4.78 is 5.76. The van der Waals surface area contributed by atoms with Crippen molar-refractivity contribution in [1.82, 2.24) is 4.98 Å². The van der Waals surface area contributed by atoms with Crippen LogP contribution in [0.25, 0.3) is 0 Å².